The molecule has 0 bridgehead atoms. The maximum absolute atomic E-state index is 12.0. The molecular formula is C9H9F2NO3S. The van der Waals surface area contributed by atoms with E-state index in [-0.39, 0.29) is 9.75 Å². The van der Waals surface area contributed by atoms with Crippen molar-refractivity contribution < 1.29 is 23.5 Å². The van der Waals surface area contributed by atoms with Crippen LogP contribution >= 0.6 is 11.3 Å². The van der Waals surface area contributed by atoms with Gasteiger partial charge in [-0.3, -0.25) is 4.79 Å². The number of carbonyl (C=O) groups excluding carboxylic acids is 1. The number of amides is 1. The zero-order valence-electron chi connectivity index (χ0n) is 8.31. The lowest BCUT2D eigenvalue weighted by Crippen LogP contribution is -2.30. The Bertz CT molecular complexity index is 405. The second-order valence-electron chi connectivity index (χ2n) is 3.05. The zero-order chi connectivity index (χ0) is 12.3. The topological polar surface area (TPSA) is 57.6 Å². The first-order valence-corrected chi connectivity index (χ1v) is 5.10. The maximum Gasteiger partial charge on any atom is 0.345 e. The van der Waals surface area contributed by atoms with Crippen LogP contribution in [0.1, 0.15) is 19.3 Å². The summed E-state index contributed by atoms with van der Waals surface area (Å²) in [6.07, 6.45) is -2.60. The summed E-state index contributed by atoms with van der Waals surface area (Å²) >= 11 is 0.769. The summed E-state index contributed by atoms with van der Waals surface area (Å²) in [5.74, 6) is -1.74. The highest BCUT2D eigenvalue weighted by Gasteiger charge is 2.18. The third kappa shape index (κ3) is 2.99. The van der Waals surface area contributed by atoms with Crippen molar-refractivity contribution >= 4 is 23.2 Å². The fraction of sp³-hybridized carbons (Fsp3) is 0.333. The summed E-state index contributed by atoms with van der Waals surface area (Å²) in [5.41, 5.74) is 0. The van der Waals surface area contributed by atoms with E-state index in [2.05, 4.69) is 0 Å². The number of nitrogens with zero attached hydrogens (tertiary/aromatic N) is 1. The monoisotopic (exact) mass is 249 g/mol. The normalized spacial score (nSPS) is 10.5. The van der Waals surface area contributed by atoms with Gasteiger partial charge in [0, 0.05) is 7.05 Å². The summed E-state index contributed by atoms with van der Waals surface area (Å²) in [4.78, 5) is 23.1. The Morgan fingerprint density at radius 2 is 2.00 bits per heavy atom. The standard InChI is InChI=1S/C9H9F2NO3S/c1-12(4-7(10)11)8(13)5-2-3-6(16-5)9(14)15/h2-3,7H,4H2,1H3,(H,14,15). The molecule has 7 heteroatoms. The number of halogens is 2. The third-order valence-electron chi connectivity index (χ3n) is 1.79. The molecule has 88 valence electrons. The first-order valence-electron chi connectivity index (χ1n) is 4.28. The van der Waals surface area contributed by atoms with E-state index in [0.717, 1.165) is 16.2 Å². The number of rotatable bonds is 4. The van der Waals surface area contributed by atoms with E-state index >= 15 is 0 Å². The number of hydrogen-bond donors (Lipinski definition) is 1. The molecular weight excluding hydrogens is 240 g/mol. The summed E-state index contributed by atoms with van der Waals surface area (Å²) in [6.45, 7) is -0.668. The van der Waals surface area contributed by atoms with Crippen molar-refractivity contribution in [3.05, 3.63) is 21.9 Å². The van der Waals surface area contributed by atoms with Crippen molar-refractivity contribution in [3.8, 4) is 0 Å². The highest BCUT2D eigenvalue weighted by Crippen LogP contribution is 2.18. The van der Waals surface area contributed by atoms with E-state index < -0.39 is 24.8 Å². The van der Waals surface area contributed by atoms with E-state index in [1.807, 2.05) is 0 Å². The van der Waals surface area contributed by atoms with E-state index in [1.54, 1.807) is 0 Å². The lowest BCUT2D eigenvalue weighted by atomic mass is 10.4. The molecule has 0 unspecified atom stereocenters. The Morgan fingerprint density at radius 1 is 1.44 bits per heavy atom. The molecule has 1 amide bonds. The van der Waals surface area contributed by atoms with Gasteiger partial charge < -0.3 is 10.0 Å². The van der Waals surface area contributed by atoms with Crippen molar-refractivity contribution in [2.24, 2.45) is 0 Å². The van der Waals surface area contributed by atoms with E-state index in [0.29, 0.717) is 0 Å². The van der Waals surface area contributed by atoms with Crippen molar-refractivity contribution in [2.75, 3.05) is 13.6 Å². The van der Waals surface area contributed by atoms with Gasteiger partial charge >= 0.3 is 5.97 Å². The molecule has 1 N–H and O–H groups in total. The second kappa shape index (κ2) is 5.02. The number of alkyl halides is 2. The van der Waals surface area contributed by atoms with Gasteiger partial charge in [0.1, 0.15) is 4.88 Å². The molecule has 0 saturated heterocycles. The predicted octanol–water partition coefficient (Wildman–Crippen LogP) is 1.78. The molecule has 0 saturated carbocycles. The van der Waals surface area contributed by atoms with Crippen molar-refractivity contribution in [3.63, 3.8) is 0 Å². The minimum absolute atomic E-state index is 0.00815. The van der Waals surface area contributed by atoms with Crippen LogP contribution in [0.5, 0.6) is 0 Å². The van der Waals surface area contributed by atoms with Crippen LogP contribution in [-0.2, 0) is 0 Å². The molecule has 0 aromatic carbocycles. The van der Waals surface area contributed by atoms with E-state index in [4.69, 9.17) is 5.11 Å². The number of thiophene rings is 1. The van der Waals surface area contributed by atoms with Gasteiger partial charge in [-0.2, -0.15) is 0 Å². The minimum Gasteiger partial charge on any atom is -0.477 e. The largest absolute Gasteiger partial charge is 0.477 e. The van der Waals surface area contributed by atoms with E-state index in [9.17, 15) is 18.4 Å². The Balaban J connectivity index is 2.76. The third-order valence-corrected chi connectivity index (χ3v) is 2.85. The second-order valence-corrected chi connectivity index (χ2v) is 4.13. The average Bonchev–Trinajstić information content (AvgIpc) is 2.64. The van der Waals surface area contributed by atoms with Crippen LogP contribution in [0, 0.1) is 0 Å². The Kier molecular flexibility index (Phi) is 3.94. The van der Waals surface area contributed by atoms with Gasteiger partial charge in [-0.05, 0) is 12.1 Å². The smallest absolute Gasteiger partial charge is 0.345 e. The molecule has 1 aromatic rings. The highest BCUT2D eigenvalue weighted by molar-refractivity contribution is 7.15. The maximum atomic E-state index is 12.0. The number of carboxylic acid groups (broad SMARTS) is 1. The summed E-state index contributed by atoms with van der Waals surface area (Å²) < 4.78 is 24.0. The van der Waals surface area contributed by atoms with Gasteiger partial charge in [0.15, 0.2) is 0 Å². The van der Waals surface area contributed by atoms with Crippen molar-refractivity contribution in [1.29, 1.82) is 0 Å². The number of carboxylic acids is 1. The van der Waals surface area contributed by atoms with Crippen LogP contribution in [0.4, 0.5) is 8.78 Å². The van der Waals surface area contributed by atoms with Crippen LogP contribution in [0.25, 0.3) is 0 Å². The summed E-state index contributed by atoms with van der Waals surface area (Å²) in [7, 11) is 1.24. The van der Waals surface area contributed by atoms with E-state index in [1.165, 1.54) is 19.2 Å². The molecule has 1 aromatic heterocycles. The minimum atomic E-state index is -2.60. The van der Waals surface area contributed by atoms with Gasteiger partial charge in [0.25, 0.3) is 12.3 Å². The lowest BCUT2D eigenvalue weighted by molar-refractivity contribution is 0.0624. The molecule has 0 atom stereocenters. The van der Waals surface area contributed by atoms with Gasteiger partial charge in [0.05, 0.1) is 11.4 Å². The molecule has 0 radical (unpaired) electrons. The van der Waals surface area contributed by atoms with Gasteiger partial charge in [-0.15, -0.1) is 11.3 Å². The molecule has 0 aliphatic carbocycles. The van der Waals surface area contributed by atoms with Crippen LogP contribution in [0.2, 0.25) is 0 Å². The highest BCUT2D eigenvalue weighted by atomic mass is 32.1. The zero-order valence-corrected chi connectivity index (χ0v) is 9.13. The van der Waals surface area contributed by atoms with Crippen LogP contribution < -0.4 is 0 Å². The number of carbonyl (C=O) groups is 2. The molecule has 0 fully saturated rings. The quantitative estimate of drug-likeness (QED) is 0.884. The number of aromatic carboxylic acids is 1. The summed E-state index contributed by atoms with van der Waals surface area (Å²) in [5, 5.41) is 8.63. The molecule has 0 spiro atoms. The fourth-order valence-corrected chi connectivity index (χ4v) is 1.89. The van der Waals surface area contributed by atoms with Gasteiger partial charge in [0.2, 0.25) is 0 Å². The molecule has 1 rings (SSSR count). The SMILES string of the molecule is CN(CC(F)F)C(=O)c1ccc(C(=O)O)s1. The number of hydrogen-bond acceptors (Lipinski definition) is 3. The molecule has 0 aliphatic heterocycles. The first kappa shape index (κ1) is 12.6. The Hall–Kier alpha value is -1.50. The van der Waals surface area contributed by atoms with Gasteiger partial charge in [-0.1, -0.05) is 0 Å². The first-order chi connectivity index (χ1) is 7.41. The summed E-state index contributed by atoms with van der Waals surface area (Å²) in [6, 6.07) is 2.59. The molecule has 16 heavy (non-hydrogen) atoms. The average molecular weight is 249 g/mol. The van der Waals surface area contributed by atoms with Crippen molar-refractivity contribution in [2.45, 2.75) is 6.43 Å². The molecule has 4 nitrogen and oxygen atoms in total. The van der Waals surface area contributed by atoms with Crippen LogP contribution in [0.3, 0.4) is 0 Å². The molecule has 0 aliphatic rings. The van der Waals surface area contributed by atoms with Gasteiger partial charge in [-0.25, -0.2) is 13.6 Å². The Morgan fingerprint density at radius 3 is 2.44 bits per heavy atom. The fourth-order valence-electron chi connectivity index (χ4n) is 1.05. The predicted molar refractivity (Wildman–Crippen MR) is 54.2 cm³/mol. The Labute approximate surface area is 94.1 Å². The van der Waals surface area contributed by atoms with Crippen molar-refractivity contribution in [1.82, 2.24) is 4.90 Å². The van der Waals surface area contributed by atoms with Crippen LogP contribution in [0.15, 0.2) is 12.1 Å². The molecule has 1 heterocycles. The van der Waals surface area contributed by atoms with Crippen LogP contribution in [-0.4, -0.2) is 41.9 Å². The lowest BCUT2D eigenvalue weighted by Gasteiger charge is -2.14.